The molecule has 1 saturated heterocycles. The van der Waals surface area contributed by atoms with Gasteiger partial charge in [0.05, 0.1) is 17.2 Å². The number of ether oxygens (including phenoxy) is 1. The summed E-state index contributed by atoms with van der Waals surface area (Å²) in [6.45, 7) is 3.84. The van der Waals surface area contributed by atoms with Gasteiger partial charge < -0.3 is 10.2 Å². The Morgan fingerprint density at radius 1 is 1.42 bits per heavy atom. The lowest BCUT2D eigenvalue weighted by Crippen LogP contribution is -2.26. The maximum absolute atomic E-state index is 10.8. The third-order valence-corrected chi connectivity index (χ3v) is 3.16. The first kappa shape index (κ1) is 13.7. The number of nitro benzene ring substituents is 1. The maximum atomic E-state index is 10.8. The number of hydrogen-bond donors (Lipinski definition) is 2. The standard InChI is InChI=1S/C12H18N4O3/c13-14-12-3-2-11(16(17)18)8-10(12)9-15-4-1-6-19-7-5-15/h2-3,8,14H,1,4-7,9,13H2. The van der Waals surface area contributed by atoms with Crippen LogP contribution in [0, 0.1) is 10.1 Å². The zero-order valence-corrected chi connectivity index (χ0v) is 10.7. The molecule has 0 spiro atoms. The molecule has 3 N–H and O–H groups in total. The van der Waals surface area contributed by atoms with Crippen LogP contribution in [0.5, 0.6) is 0 Å². The summed E-state index contributed by atoms with van der Waals surface area (Å²) in [5.74, 6) is 5.45. The van der Waals surface area contributed by atoms with Crippen LogP contribution in [0.25, 0.3) is 0 Å². The van der Waals surface area contributed by atoms with Gasteiger partial charge in [-0.15, -0.1) is 0 Å². The third-order valence-electron chi connectivity index (χ3n) is 3.16. The molecule has 104 valence electrons. The van der Waals surface area contributed by atoms with Crippen molar-refractivity contribution in [2.45, 2.75) is 13.0 Å². The minimum Gasteiger partial charge on any atom is -0.380 e. The maximum Gasteiger partial charge on any atom is 0.269 e. The van der Waals surface area contributed by atoms with Crippen molar-refractivity contribution in [1.29, 1.82) is 0 Å². The zero-order valence-electron chi connectivity index (χ0n) is 10.7. The van der Waals surface area contributed by atoms with Crippen molar-refractivity contribution in [2.75, 3.05) is 31.7 Å². The Hall–Kier alpha value is -1.70. The lowest BCUT2D eigenvalue weighted by Gasteiger charge is -2.20. The fraction of sp³-hybridized carbons (Fsp3) is 0.500. The summed E-state index contributed by atoms with van der Waals surface area (Å²) in [5.41, 5.74) is 4.22. The number of nitrogens with two attached hydrogens (primary N) is 1. The van der Waals surface area contributed by atoms with Crippen LogP contribution in [0.2, 0.25) is 0 Å². The number of hydrazine groups is 1. The molecule has 7 heteroatoms. The van der Waals surface area contributed by atoms with E-state index in [-0.39, 0.29) is 5.69 Å². The quantitative estimate of drug-likeness (QED) is 0.481. The van der Waals surface area contributed by atoms with Gasteiger partial charge in [-0.1, -0.05) is 0 Å². The number of nitrogens with one attached hydrogen (secondary N) is 1. The van der Waals surface area contributed by atoms with Crippen LogP contribution < -0.4 is 11.3 Å². The van der Waals surface area contributed by atoms with E-state index in [4.69, 9.17) is 10.6 Å². The molecule has 0 aromatic heterocycles. The fourth-order valence-corrected chi connectivity index (χ4v) is 2.16. The minimum atomic E-state index is -0.394. The van der Waals surface area contributed by atoms with Crippen LogP contribution >= 0.6 is 0 Å². The minimum absolute atomic E-state index is 0.0834. The molecule has 19 heavy (non-hydrogen) atoms. The highest BCUT2D eigenvalue weighted by atomic mass is 16.6. The second-order valence-corrected chi connectivity index (χ2v) is 4.48. The molecule has 0 bridgehead atoms. The van der Waals surface area contributed by atoms with Crippen molar-refractivity contribution < 1.29 is 9.66 Å². The van der Waals surface area contributed by atoms with Gasteiger partial charge >= 0.3 is 0 Å². The van der Waals surface area contributed by atoms with E-state index < -0.39 is 4.92 Å². The Kier molecular flexibility index (Phi) is 4.67. The van der Waals surface area contributed by atoms with Crippen LogP contribution in [-0.2, 0) is 11.3 Å². The SMILES string of the molecule is NNc1ccc([N+](=O)[O-])cc1CN1CCCOCC1. The molecule has 1 aliphatic heterocycles. The molecule has 1 aromatic carbocycles. The van der Waals surface area contributed by atoms with Crippen LogP contribution in [0.15, 0.2) is 18.2 Å². The number of non-ortho nitro benzene ring substituents is 1. The predicted octanol–water partition coefficient (Wildman–Crippen LogP) is 1.10. The molecule has 0 saturated carbocycles. The van der Waals surface area contributed by atoms with Gasteiger partial charge in [-0.25, -0.2) is 0 Å². The van der Waals surface area contributed by atoms with Crippen molar-refractivity contribution in [3.63, 3.8) is 0 Å². The number of nitrogen functional groups attached to an aromatic ring is 1. The summed E-state index contributed by atoms with van der Waals surface area (Å²) in [4.78, 5) is 12.6. The molecular formula is C12H18N4O3. The van der Waals surface area contributed by atoms with Crippen molar-refractivity contribution >= 4 is 11.4 Å². The lowest BCUT2D eigenvalue weighted by molar-refractivity contribution is -0.384. The van der Waals surface area contributed by atoms with E-state index in [1.165, 1.54) is 6.07 Å². The molecule has 0 radical (unpaired) electrons. The highest BCUT2D eigenvalue weighted by molar-refractivity contribution is 5.55. The number of benzene rings is 1. The average molecular weight is 266 g/mol. The summed E-state index contributed by atoms with van der Waals surface area (Å²) in [7, 11) is 0. The molecule has 0 aliphatic carbocycles. The Morgan fingerprint density at radius 2 is 2.26 bits per heavy atom. The third kappa shape index (κ3) is 3.63. The second-order valence-electron chi connectivity index (χ2n) is 4.48. The number of nitrogens with zero attached hydrogens (tertiary/aromatic N) is 2. The van der Waals surface area contributed by atoms with Gasteiger partial charge in [-0.05, 0) is 18.1 Å². The molecule has 0 amide bonds. The lowest BCUT2D eigenvalue weighted by atomic mass is 10.1. The van der Waals surface area contributed by atoms with Crippen molar-refractivity contribution in [2.24, 2.45) is 5.84 Å². The van der Waals surface area contributed by atoms with Gasteiger partial charge in [0.25, 0.3) is 5.69 Å². The van der Waals surface area contributed by atoms with Crippen molar-refractivity contribution in [3.8, 4) is 0 Å². The topological polar surface area (TPSA) is 93.7 Å². The van der Waals surface area contributed by atoms with Gasteiger partial charge in [0.2, 0.25) is 0 Å². The molecule has 1 aliphatic rings. The van der Waals surface area contributed by atoms with E-state index in [0.29, 0.717) is 13.2 Å². The van der Waals surface area contributed by atoms with Gasteiger partial charge in [-0.2, -0.15) is 0 Å². The molecule has 1 aromatic rings. The largest absolute Gasteiger partial charge is 0.380 e. The number of rotatable bonds is 4. The van der Waals surface area contributed by atoms with Crippen LogP contribution in [0.4, 0.5) is 11.4 Å². The highest BCUT2D eigenvalue weighted by Gasteiger charge is 2.15. The molecule has 2 rings (SSSR count). The van der Waals surface area contributed by atoms with E-state index in [9.17, 15) is 10.1 Å². The highest BCUT2D eigenvalue weighted by Crippen LogP contribution is 2.23. The molecular weight excluding hydrogens is 248 g/mol. The van der Waals surface area contributed by atoms with E-state index in [1.54, 1.807) is 12.1 Å². The monoisotopic (exact) mass is 266 g/mol. The van der Waals surface area contributed by atoms with E-state index in [2.05, 4.69) is 10.3 Å². The average Bonchev–Trinajstić information content (AvgIpc) is 2.67. The van der Waals surface area contributed by atoms with Gasteiger partial charge in [0.15, 0.2) is 0 Å². The molecule has 1 fully saturated rings. The van der Waals surface area contributed by atoms with Crippen LogP contribution in [0.3, 0.4) is 0 Å². The van der Waals surface area contributed by atoms with E-state index in [1.807, 2.05) is 0 Å². The fourth-order valence-electron chi connectivity index (χ4n) is 2.16. The molecule has 0 atom stereocenters. The summed E-state index contributed by atoms with van der Waals surface area (Å²) in [6.07, 6.45) is 0.973. The van der Waals surface area contributed by atoms with Gasteiger partial charge in [-0.3, -0.25) is 20.9 Å². The Labute approximate surface area is 111 Å². The summed E-state index contributed by atoms with van der Waals surface area (Å²) < 4.78 is 5.39. The molecule has 7 nitrogen and oxygen atoms in total. The Bertz CT molecular complexity index is 445. The first-order valence-electron chi connectivity index (χ1n) is 6.25. The molecule has 1 heterocycles. The summed E-state index contributed by atoms with van der Waals surface area (Å²) in [5, 5.41) is 10.8. The van der Waals surface area contributed by atoms with Gasteiger partial charge in [0.1, 0.15) is 0 Å². The van der Waals surface area contributed by atoms with Crippen molar-refractivity contribution in [3.05, 3.63) is 33.9 Å². The Morgan fingerprint density at radius 3 is 3.00 bits per heavy atom. The van der Waals surface area contributed by atoms with Gasteiger partial charge in [0, 0.05) is 38.4 Å². The normalized spacial score (nSPS) is 16.9. The Balaban J connectivity index is 2.16. The number of nitro groups is 1. The molecule has 0 unspecified atom stereocenters. The van der Waals surface area contributed by atoms with E-state index >= 15 is 0 Å². The smallest absolute Gasteiger partial charge is 0.269 e. The summed E-state index contributed by atoms with van der Waals surface area (Å²) in [6, 6.07) is 4.66. The zero-order chi connectivity index (χ0) is 13.7. The van der Waals surface area contributed by atoms with Crippen molar-refractivity contribution in [1.82, 2.24) is 4.90 Å². The second kappa shape index (κ2) is 6.46. The first-order valence-corrected chi connectivity index (χ1v) is 6.25. The first-order chi connectivity index (χ1) is 9.20. The summed E-state index contributed by atoms with van der Waals surface area (Å²) >= 11 is 0. The van der Waals surface area contributed by atoms with Crippen LogP contribution in [0.1, 0.15) is 12.0 Å². The van der Waals surface area contributed by atoms with E-state index in [0.717, 1.165) is 37.4 Å². The predicted molar refractivity (Wildman–Crippen MR) is 71.6 cm³/mol. The van der Waals surface area contributed by atoms with Crippen LogP contribution in [-0.4, -0.2) is 36.1 Å². The number of hydrogen-bond acceptors (Lipinski definition) is 6. The number of anilines is 1.